The normalized spacial score (nSPS) is 10.3. The van der Waals surface area contributed by atoms with Crippen LogP contribution in [0.1, 0.15) is 20.8 Å². The van der Waals surface area contributed by atoms with Crippen LogP contribution in [-0.2, 0) is 0 Å². The molecule has 2 rings (SSSR count). The molecule has 1 heterocycles. The van der Waals surface area contributed by atoms with E-state index in [-0.39, 0.29) is 0 Å². The van der Waals surface area contributed by atoms with Gasteiger partial charge in [-0.25, -0.2) is 4.79 Å². The van der Waals surface area contributed by atoms with Gasteiger partial charge in [-0.3, -0.25) is 4.72 Å². The maximum absolute atomic E-state index is 12.1. The molecule has 0 saturated heterocycles. The number of hydrogen-bond donors (Lipinski definition) is 3. The first kappa shape index (κ1) is 20.1. The van der Waals surface area contributed by atoms with E-state index < -0.39 is 6.03 Å². The molecule has 2 amide bonds. The molecule has 0 bridgehead atoms. The number of para-hydroxylation sites is 1. The lowest BCUT2D eigenvalue weighted by molar-refractivity contribution is 0.257. The number of benzene rings is 1. The average Bonchev–Trinajstić information content (AvgIpc) is 2.63. The summed E-state index contributed by atoms with van der Waals surface area (Å²) in [7, 11) is 0. The summed E-state index contributed by atoms with van der Waals surface area (Å²) < 4.78 is 2.66. The third kappa shape index (κ3) is 5.63. The number of carbonyl (C=O) groups is 1. The number of aromatic nitrogens is 3. The lowest BCUT2D eigenvalue weighted by Gasteiger charge is -2.19. The zero-order valence-electron chi connectivity index (χ0n) is 14.9. The number of nitrogens with one attached hydrogen (secondary N) is 3. The minimum Gasteiger partial charge on any atom is -0.354 e. The maximum atomic E-state index is 12.1. The Labute approximate surface area is 162 Å². The minimum atomic E-state index is -0.419. The zero-order valence-corrected chi connectivity index (χ0v) is 16.5. The Morgan fingerprint density at radius 2 is 1.88 bits per heavy atom. The van der Waals surface area contributed by atoms with E-state index in [0.717, 1.165) is 25.0 Å². The molecule has 0 radical (unpaired) electrons. The fourth-order valence-electron chi connectivity index (χ4n) is 2.08. The van der Waals surface area contributed by atoms with Crippen molar-refractivity contribution in [3.8, 4) is 0 Å². The molecule has 0 aliphatic rings. The standard InChI is InChI=1S/C16H22ClN7OS/c1-4-18-13-20-14(24(5-2)6-3)22-16(21-13)26-23-15(25)19-12-10-8-7-9-11(12)17/h7-10H,4-6H2,1-3H3,(H2,19,23,25)(H,18,20,21,22). The highest BCUT2D eigenvalue weighted by atomic mass is 35.5. The molecule has 0 saturated carbocycles. The fraction of sp³-hybridized carbons (Fsp3) is 0.375. The highest BCUT2D eigenvalue weighted by Crippen LogP contribution is 2.21. The molecule has 1 aromatic heterocycles. The van der Waals surface area contributed by atoms with E-state index in [1.165, 1.54) is 0 Å². The third-order valence-corrected chi connectivity index (χ3v) is 4.32. The van der Waals surface area contributed by atoms with E-state index in [1.54, 1.807) is 24.3 Å². The first-order valence-corrected chi connectivity index (χ1v) is 9.50. The van der Waals surface area contributed by atoms with Crippen molar-refractivity contribution in [1.82, 2.24) is 19.7 Å². The summed E-state index contributed by atoms with van der Waals surface area (Å²) in [5, 5.41) is 6.62. The predicted molar refractivity (Wildman–Crippen MR) is 107 cm³/mol. The van der Waals surface area contributed by atoms with Gasteiger partial charge in [-0.05, 0) is 32.9 Å². The van der Waals surface area contributed by atoms with Crippen LogP contribution < -0.4 is 20.3 Å². The van der Waals surface area contributed by atoms with Crippen molar-refractivity contribution in [3.63, 3.8) is 0 Å². The van der Waals surface area contributed by atoms with Crippen molar-refractivity contribution < 1.29 is 4.79 Å². The molecule has 1 aromatic carbocycles. The van der Waals surface area contributed by atoms with Gasteiger partial charge in [-0.1, -0.05) is 23.7 Å². The van der Waals surface area contributed by atoms with E-state index >= 15 is 0 Å². The average molecular weight is 396 g/mol. The summed E-state index contributed by atoms with van der Waals surface area (Å²) >= 11 is 7.04. The molecule has 140 valence electrons. The number of anilines is 3. The van der Waals surface area contributed by atoms with Crippen LogP contribution in [0.15, 0.2) is 29.4 Å². The second-order valence-electron chi connectivity index (χ2n) is 5.08. The van der Waals surface area contributed by atoms with E-state index in [0.29, 0.717) is 34.3 Å². The van der Waals surface area contributed by atoms with Crippen LogP contribution in [0, 0.1) is 0 Å². The zero-order chi connectivity index (χ0) is 18.9. The number of hydrogen-bond acceptors (Lipinski definition) is 7. The first-order valence-electron chi connectivity index (χ1n) is 8.30. The van der Waals surface area contributed by atoms with E-state index in [1.807, 2.05) is 25.7 Å². The Balaban J connectivity index is 2.07. The van der Waals surface area contributed by atoms with Crippen molar-refractivity contribution in [1.29, 1.82) is 0 Å². The maximum Gasteiger partial charge on any atom is 0.329 e. The van der Waals surface area contributed by atoms with Crippen molar-refractivity contribution in [2.75, 3.05) is 35.2 Å². The lowest BCUT2D eigenvalue weighted by Crippen LogP contribution is -2.26. The monoisotopic (exact) mass is 395 g/mol. The molecule has 0 aliphatic carbocycles. The van der Waals surface area contributed by atoms with Gasteiger partial charge in [0.1, 0.15) is 0 Å². The van der Waals surface area contributed by atoms with Crippen LogP contribution in [0.25, 0.3) is 0 Å². The molecular formula is C16H22ClN7OS. The molecule has 2 aromatic rings. The van der Waals surface area contributed by atoms with Gasteiger partial charge in [0.15, 0.2) is 0 Å². The van der Waals surface area contributed by atoms with Crippen LogP contribution in [0.3, 0.4) is 0 Å². The van der Waals surface area contributed by atoms with Gasteiger partial charge in [0.25, 0.3) is 0 Å². The van der Waals surface area contributed by atoms with Crippen molar-refractivity contribution in [3.05, 3.63) is 29.3 Å². The van der Waals surface area contributed by atoms with Gasteiger partial charge in [0.2, 0.25) is 17.1 Å². The molecule has 0 unspecified atom stereocenters. The Kier molecular flexibility index (Phi) is 7.73. The summed E-state index contributed by atoms with van der Waals surface area (Å²) in [6, 6.07) is 6.59. The second-order valence-corrected chi connectivity index (χ2v) is 6.26. The topological polar surface area (TPSA) is 95.1 Å². The van der Waals surface area contributed by atoms with Crippen molar-refractivity contribution in [2.24, 2.45) is 0 Å². The van der Waals surface area contributed by atoms with Crippen molar-refractivity contribution in [2.45, 2.75) is 25.9 Å². The SMILES string of the molecule is CCNc1nc(SNC(=O)Nc2ccccc2Cl)nc(N(CC)CC)n1. The van der Waals surface area contributed by atoms with E-state index in [2.05, 4.69) is 30.3 Å². The van der Waals surface area contributed by atoms with E-state index in [9.17, 15) is 4.79 Å². The number of carbonyl (C=O) groups excluding carboxylic acids is 1. The van der Waals surface area contributed by atoms with E-state index in [4.69, 9.17) is 11.6 Å². The van der Waals surface area contributed by atoms with Crippen LogP contribution in [0.4, 0.5) is 22.4 Å². The van der Waals surface area contributed by atoms with Gasteiger partial charge in [0, 0.05) is 31.6 Å². The Bertz CT molecular complexity index is 742. The Morgan fingerprint density at radius 3 is 2.54 bits per heavy atom. The third-order valence-electron chi connectivity index (χ3n) is 3.34. The van der Waals surface area contributed by atoms with Gasteiger partial charge in [-0.15, -0.1) is 0 Å². The summed E-state index contributed by atoms with van der Waals surface area (Å²) in [5.74, 6) is 1.04. The molecule has 8 nitrogen and oxygen atoms in total. The molecule has 26 heavy (non-hydrogen) atoms. The smallest absolute Gasteiger partial charge is 0.329 e. The van der Waals surface area contributed by atoms with Crippen LogP contribution in [-0.4, -0.2) is 40.6 Å². The van der Waals surface area contributed by atoms with Gasteiger partial charge in [0.05, 0.1) is 10.7 Å². The molecule has 0 fully saturated rings. The van der Waals surface area contributed by atoms with Crippen LogP contribution >= 0.6 is 23.5 Å². The molecule has 10 heteroatoms. The largest absolute Gasteiger partial charge is 0.354 e. The van der Waals surface area contributed by atoms with Gasteiger partial charge in [-0.2, -0.15) is 15.0 Å². The van der Waals surface area contributed by atoms with Gasteiger partial charge < -0.3 is 15.5 Å². The molecule has 0 aliphatic heterocycles. The molecular weight excluding hydrogens is 374 g/mol. The summed E-state index contributed by atoms with van der Waals surface area (Å²) in [5.41, 5.74) is 0.528. The lowest BCUT2D eigenvalue weighted by atomic mass is 10.3. The quantitative estimate of drug-likeness (QED) is 0.587. The van der Waals surface area contributed by atoms with Gasteiger partial charge >= 0.3 is 6.03 Å². The molecule has 0 atom stereocenters. The molecule has 3 N–H and O–H groups in total. The Hall–Kier alpha value is -2.26. The number of urea groups is 1. The van der Waals surface area contributed by atoms with Crippen molar-refractivity contribution >= 4 is 47.2 Å². The fourth-order valence-corrected chi connectivity index (χ4v) is 2.76. The summed E-state index contributed by atoms with van der Waals surface area (Å²) in [4.78, 5) is 27.2. The number of nitrogens with zero attached hydrogens (tertiary/aromatic N) is 4. The van der Waals surface area contributed by atoms with Crippen LogP contribution in [0.5, 0.6) is 0 Å². The highest BCUT2D eigenvalue weighted by molar-refractivity contribution is 7.97. The predicted octanol–water partition coefficient (Wildman–Crippen LogP) is 3.63. The number of rotatable bonds is 8. The first-order chi connectivity index (χ1) is 12.6. The van der Waals surface area contributed by atoms with Crippen LogP contribution in [0.2, 0.25) is 5.02 Å². The molecule has 0 spiro atoms. The summed E-state index contributed by atoms with van der Waals surface area (Å²) in [6.07, 6.45) is 0. The summed E-state index contributed by atoms with van der Waals surface area (Å²) in [6.45, 7) is 8.26. The second kappa shape index (κ2) is 10.0. The number of halogens is 1. The number of amides is 2. The Morgan fingerprint density at radius 1 is 1.15 bits per heavy atom. The minimum absolute atomic E-state index is 0.396. The highest BCUT2D eigenvalue weighted by Gasteiger charge is 2.13.